The van der Waals surface area contributed by atoms with Crippen molar-refractivity contribution in [2.24, 2.45) is 17.8 Å². The molecule has 0 amide bonds. The Morgan fingerprint density at radius 1 is 1.15 bits per heavy atom. The van der Waals surface area contributed by atoms with Gasteiger partial charge in [-0.15, -0.1) is 0 Å². The summed E-state index contributed by atoms with van der Waals surface area (Å²) in [5.41, 5.74) is 0. The van der Waals surface area contributed by atoms with Crippen molar-refractivity contribution in [1.82, 2.24) is 10.2 Å². The third-order valence-electron chi connectivity index (χ3n) is 5.79. The van der Waals surface area contributed by atoms with E-state index in [1.54, 1.807) is 0 Å². The van der Waals surface area contributed by atoms with Crippen molar-refractivity contribution in [3.63, 3.8) is 0 Å². The van der Waals surface area contributed by atoms with Crippen molar-refractivity contribution in [1.29, 1.82) is 0 Å². The summed E-state index contributed by atoms with van der Waals surface area (Å²) in [7, 11) is 2.38. The van der Waals surface area contributed by atoms with Crippen molar-refractivity contribution < 1.29 is 0 Å². The van der Waals surface area contributed by atoms with Crippen LogP contribution in [0.2, 0.25) is 0 Å². The van der Waals surface area contributed by atoms with Crippen LogP contribution in [0.5, 0.6) is 0 Å². The minimum Gasteiger partial charge on any atom is -0.312 e. The van der Waals surface area contributed by atoms with E-state index in [0.717, 1.165) is 29.8 Å². The molecule has 0 aromatic carbocycles. The summed E-state index contributed by atoms with van der Waals surface area (Å²) in [4.78, 5) is 2.70. The molecule has 2 heteroatoms. The van der Waals surface area contributed by atoms with Gasteiger partial charge in [-0.1, -0.05) is 27.2 Å². The second-order valence-electron chi connectivity index (χ2n) is 7.68. The Balaban J connectivity index is 1.92. The molecule has 0 saturated heterocycles. The summed E-state index contributed by atoms with van der Waals surface area (Å²) in [6.45, 7) is 9.62. The number of nitrogens with one attached hydrogen (secondary N) is 1. The molecule has 2 aliphatic rings. The smallest absolute Gasteiger partial charge is 0.0249 e. The van der Waals surface area contributed by atoms with Gasteiger partial charge in [-0.3, -0.25) is 0 Å². The molecule has 0 heterocycles. The first-order valence-corrected chi connectivity index (χ1v) is 9.05. The third-order valence-corrected chi connectivity index (χ3v) is 5.79. The lowest BCUT2D eigenvalue weighted by Crippen LogP contribution is -2.54. The predicted octanol–water partition coefficient (Wildman–Crippen LogP) is 3.91. The van der Waals surface area contributed by atoms with Gasteiger partial charge in [0.25, 0.3) is 0 Å². The van der Waals surface area contributed by atoms with Crippen molar-refractivity contribution >= 4 is 0 Å². The van der Waals surface area contributed by atoms with Gasteiger partial charge in [-0.2, -0.15) is 0 Å². The minimum atomic E-state index is 0.732. The minimum absolute atomic E-state index is 0.732. The van der Waals surface area contributed by atoms with Crippen molar-refractivity contribution in [3.05, 3.63) is 0 Å². The third kappa shape index (κ3) is 4.21. The van der Waals surface area contributed by atoms with Gasteiger partial charge >= 0.3 is 0 Å². The Morgan fingerprint density at radius 3 is 2.45 bits per heavy atom. The van der Waals surface area contributed by atoms with E-state index in [0.29, 0.717) is 0 Å². The number of hydrogen-bond acceptors (Lipinski definition) is 2. The van der Waals surface area contributed by atoms with Crippen LogP contribution in [0.4, 0.5) is 0 Å². The highest BCUT2D eigenvalue weighted by Crippen LogP contribution is 2.34. The normalized spacial score (nSPS) is 31.8. The summed E-state index contributed by atoms with van der Waals surface area (Å²) in [6.07, 6.45) is 9.87. The van der Waals surface area contributed by atoms with E-state index in [4.69, 9.17) is 0 Å². The molecule has 2 aliphatic carbocycles. The van der Waals surface area contributed by atoms with Crippen LogP contribution in [0.1, 0.15) is 65.7 Å². The maximum absolute atomic E-state index is 3.83. The maximum atomic E-state index is 3.83. The SMILES string of the molecule is CCCNC1CCC(C(C)C)CC1N(C)CC1CCC1. The Kier molecular flexibility index (Phi) is 6.35. The molecular weight excluding hydrogens is 244 g/mol. The van der Waals surface area contributed by atoms with Crippen LogP contribution < -0.4 is 5.32 Å². The van der Waals surface area contributed by atoms with Crippen molar-refractivity contribution in [2.45, 2.75) is 77.8 Å². The maximum Gasteiger partial charge on any atom is 0.0249 e. The molecule has 3 unspecified atom stereocenters. The fourth-order valence-corrected chi connectivity index (χ4v) is 4.06. The first-order chi connectivity index (χ1) is 9.61. The molecule has 20 heavy (non-hydrogen) atoms. The van der Waals surface area contributed by atoms with Gasteiger partial charge in [0.05, 0.1) is 0 Å². The molecule has 0 spiro atoms. The van der Waals surface area contributed by atoms with Crippen LogP contribution >= 0.6 is 0 Å². The van der Waals surface area contributed by atoms with E-state index in [1.807, 2.05) is 0 Å². The van der Waals surface area contributed by atoms with Gasteiger partial charge in [0.15, 0.2) is 0 Å². The summed E-state index contributed by atoms with van der Waals surface area (Å²) >= 11 is 0. The van der Waals surface area contributed by atoms with Crippen LogP contribution in [0.25, 0.3) is 0 Å². The van der Waals surface area contributed by atoms with Crippen LogP contribution in [-0.2, 0) is 0 Å². The summed E-state index contributed by atoms with van der Waals surface area (Å²) < 4.78 is 0. The molecule has 2 saturated carbocycles. The number of likely N-dealkylation sites (N-methyl/N-ethyl adjacent to an activating group) is 1. The van der Waals surface area contributed by atoms with Crippen LogP contribution in [0, 0.1) is 17.8 Å². The molecule has 0 aromatic heterocycles. The lowest BCUT2D eigenvalue weighted by atomic mass is 9.75. The highest BCUT2D eigenvalue weighted by atomic mass is 15.2. The quantitative estimate of drug-likeness (QED) is 0.760. The van der Waals surface area contributed by atoms with Crippen molar-refractivity contribution in [3.8, 4) is 0 Å². The molecule has 118 valence electrons. The van der Waals surface area contributed by atoms with Crippen molar-refractivity contribution in [2.75, 3.05) is 20.1 Å². The number of nitrogens with zero attached hydrogens (tertiary/aromatic N) is 1. The van der Waals surface area contributed by atoms with Gasteiger partial charge in [0.2, 0.25) is 0 Å². The highest BCUT2D eigenvalue weighted by Gasteiger charge is 2.34. The molecule has 3 atom stereocenters. The Labute approximate surface area is 126 Å². The molecule has 0 radical (unpaired) electrons. The first-order valence-electron chi connectivity index (χ1n) is 9.05. The first kappa shape index (κ1) is 16.3. The number of rotatable bonds is 7. The van der Waals surface area contributed by atoms with Crippen LogP contribution in [-0.4, -0.2) is 37.1 Å². The number of hydrogen-bond donors (Lipinski definition) is 1. The molecule has 0 aliphatic heterocycles. The van der Waals surface area contributed by atoms with E-state index < -0.39 is 0 Å². The molecule has 1 N–H and O–H groups in total. The zero-order valence-electron chi connectivity index (χ0n) is 14.2. The second-order valence-corrected chi connectivity index (χ2v) is 7.68. The average molecular weight is 280 g/mol. The molecule has 2 fully saturated rings. The van der Waals surface area contributed by atoms with E-state index in [2.05, 4.69) is 38.0 Å². The largest absolute Gasteiger partial charge is 0.312 e. The van der Waals surface area contributed by atoms with E-state index in [1.165, 1.54) is 58.0 Å². The molecule has 0 aromatic rings. The average Bonchev–Trinajstić information content (AvgIpc) is 2.40. The second kappa shape index (κ2) is 7.79. The van der Waals surface area contributed by atoms with E-state index in [9.17, 15) is 0 Å². The Bertz CT molecular complexity index is 273. The standard InChI is InChI=1S/C18H36N2/c1-5-11-19-17-10-9-16(14(2)3)12-18(17)20(4)13-15-7-6-8-15/h14-19H,5-13H2,1-4H3. The van der Waals surface area contributed by atoms with Gasteiger partial charge < -0.3 is 10.2 Å². The Hall–Kier alpha value is -0.0800. The van der Waals surface area contributed by atoms with Gasteiger partial charge in [-0.25, -0.2) is 0 Å². The summed E-state index contributed by atoms with van der Waals surface area (Å²) in [5, 5.41) is 3.83. The zero-order chi connectivity index (χ0) is 14.5. The van der Waals surface area contributed by atoms with Gasteiger partial charge in [0.1, 0.15) is 0 Å². The van der Waals surface area contributed by atoms with E-state index >= 15 is 0 Å². The summed E-state index contributed by atoms with van der Waals surface area (Å²) in [5.74, 6) is 2.77. The molecular formula is C18H36N2. The molecule has 0 bridgehead atoms. The fourth-order valence-electron chi connectivity index (χ4n) is 4.06. The topological polar surface area (TPSA) is 15.3 Å². The highest BCUT2D eigenvalue weighted by molar-refractivity contribution is 4.92. The van der Waals surface area contributed by atoms with Crippen LogP contribution in [0.15, 0.2) is 0 Å². The predicted molar refractivity (Wildman–Crippen MR) is 88.0 cm³/mol. The van der Waals surface area contributed by atoms with Gasteiger partial charge in [-0.05, 0) is 69.9 Å². The zero-order valence-corrected chi connectivity index (χ0v) is 14.2. The lowest BCUT2D eigenvalue weighted by Gasteiger charge is -2.44. The molecule has 2 rings (SSSR count). The summed E-state index contributed by atoms with van der Waals surface area (Å²) in [6, 6.07) is 1.50. The monoisotopic (exact) mass is 280 g/mol. The lowest BCUT2D eigenvalue weighted by molar-refractivity contribution is 0.0777. The van der Waals surface area contributed by atoms with Crippen LogP contribution in [0.3, 0.4) is 0 Å². The van der Waals surface area contributed by atoms with E-state index in [-0.39, 0.29) is 0 Å². The fraction of sp³-hybridized carbons (Fsp3) is 1.00. The molecule has 2 nitrogen and oxygen atoms in total. The Morgan fingerprint density at radius 2 is 1.90 bits per heavy atom. The van der Waals surface area contributed by atoms with Gasteiger partial charge in [0, 0.05) is 18.6 Å².